The smallest absolute Gasteiger partial charge is 0.311 e. The summed E-state index contributed by atoms with van der Waals surface area (Å²) in [4.78, 5) is 23.6. The van der Waals surface area contributed by atoms with Crippen molar-refractivity contribution in [2.45, 2.75) is 26.2 Å². The highest BCUT2D eigenvalue weighted by atomic mass is 16.5. The van der Waals surface area contributed by atoms with Crippen molar-refractivity contribution in [2.24, 2.45) is 0 Å². The summed E-state index contributed by atoms with van der Waals surface area (Å²) in [6.07, 6.45) is 2.18. The molecule has 0 saturated carbocycles. The second-order valence-electron chi connectivity index (χ2n) is 4.92. The molecule has 114 valence electrons. The molecule has 2 aromatic carbocycles. The Morgan fingerprint density at radius 2 is 1.68 bits per heavy atom. The van der Waals surface area contributed by atoms with Crippen molar-refractivity contribution in [3.8, 4) is 5.75 Å². The Morgan fingerprint density at radius 3 is 2.32 bits per heavy atom. The van der Waals surface area contributed by atoms with E-state index in [2.05, 4.69) is 5.32 Å². The van der Waals surface area contributed by atoms with E-state index >= 15 is 0 Å². The van der Waals surface area contributed by atoms with Crippen LogP contribution in [-0.4, -0.2) is 11.9 Å². The maximum Gasteiger partial charge on any atom is 0.311 e. The fourth-order valence-corrected chi connectivity index (χ4v) is 1.90. The van der Waals surface area contributed by atoms with Gasteiger partial charge in [0.25, 0.3) is 5.91 Å². The minimum absolute atomic E-state index is 0.199. The van der Waals surface area contributed by atoms with Crippen LogP contribution in [0.2, 0.25) is 0 Å². The van der Waals surface area contributed by atoms with Gasteiger partial charge in [-0.05, 0) is 42.8 Å². The van der Waals surface area contributed by atoms with Gasteiger partial charge in [-0.25, -0.2) is 0 Å². The number of rotatable bonds is 6. The first kappa shape index (κ1) is 15.8. The summed E-state index contributed by atoms with van der Waals surface area (Å²) in [6.45, 7) is 2.02. The molecule has 4 nitrogen and oxygen atoms in total. The standard InChI is InChI=1S/C18H19NO3/c1-2-3-9-17(20)22-16-12-10-14(11-13-16)18(21)19-15-7-5-4-6-8-15/h4-8,10-13H,2-3,9H2,1H3,(H,19,21). The van der Waals surface area contributed by atoms with Crippen LogP contribution < -0.4 is 10.1 Å². The first-order chi connectivity index (χ1) is 10.7. The lowest BCUT2D eigenvalue weighted by molar-refractivity contribution is -0.134. The van der Waals surface area contributed by atoms with Crippen molar-refractivity contribution in [2.75, 3.05) is 5.32 Å². The average molecular weight is 297 g/mol. The van der Waals surface area contributed by atoms with Gasteiger partial charge in [-0.1, -0.05) is 31.5 Å². The van der Waals surface area contributed by atoms with Crippen molar-refractivity contribution >= 4 is 17.6 Å². The van der Waals surface area contributed by atoms with Gasteiger partial charge >= 0.3 is 5.97 Å². The number of amides is 1. The topological polar surface area (TPSA) is 55.4 Å². The molecular formula is C18H19NO3. The van der Waals surface area contributed by atoms with Crippen LogP contribution in [0.25, 0.3) is 0 Å². The molecule has 0 radical (unpaired) electrons. The van der Waals surface area contributed by atoms with Gasteiger partial charge in [0.1, 0.15) is 5.75 Å². The number of unbranched alkanes of at least 4 members (excludes halogenated alkanes) is 1. The molecule has 0 bridgehead atoms. The molecule has 1 amide bonds. The predicted molar refractivity (Wildman–Crippen MR) is 86.0 cm³/mol. The molecule has 0 aliphatic rings. The van der Waals surface area contributed by atoms with Gasteiger partial charge in [0.05, 0.1) is 0 Å². The maximum atomic E-state index is 12.1. The highest BCUT2D eigenvalue weighted by Crippen LogP contribution is 2.15. The van der Waals surface area contributed by atoms with Crippen molar-refractivity contribution in [1.82, 2.24) is 0 Å². The van der Waals surface area contributed by atoms with Gasteiger partial charge in [-0.3, -0.25) is 9.59 Å². The molecule has 0 spiro atoms. The Morgan fingerprint density at radius 1 is 1.00 bits per heavy atom. The highest BCUT2D eigenvalue weighted by molar-refractivity contribution is 6.04. The van der Waals surface area contributed by atoms with Gasteiger partial charge < -0.3 is 10.1 Å². The Balaban J connectivity index is 1.93. The molecule has 0 unspecified atom stereocenters. The minimum Gasteiger partial charge on any atom is -0.427 e. The molecule has 0 aliphatic heterocycles. The largest absolute Gasteiger partial charge is 0.427 e. The van der Waals surface area contributed by atoms with Crippen LogP contribution in [0.5, 0.6) is 5.75 Å². The van der Waals surface area contributed by atoms with Gasteiger partial charge in [-0.2, -0.15) is 0 Å². The van der Waals surface area contributed by atoms with E-state index in [1.807, 2.05) is 37.3 Å². The average Bonchev–Trinajstić information content (AvgIpc) is 2.54. The lowest BCUT2D eigenvalue weighted by Crippen LogP contribution is -2.12. The van der Waals surface area contributed by atoms with Crippen LogP contribution in [0.3, 0.4) is 0 Å². The highest BCUT2D eigenvalue weighted by Gasteiger charge is 2.08. The minimum atomic E-state index is -0.247. The van der Waals surface area contributed by atoms with E-state index in [9.17, 15) is 9.59 Å². The van der Waals surface area contributed by atoms with Crippen molar-refractivity contribution < 1.29 is 14.3 Å². The predicted octanol–water partition coefficient (Wildman–Crippen LogP) is 4.03. The number of ether oxygens (including phenoxy) is 1. The summed E-state index contributed by atoms with van der Waals surface area (Å²) in [5.41, 5.74) is 1.25. The van der Waals surface area contributed by atoms with Crippen molar-refractivity contribution in [1.29, 1.82) is 0 Å². The Kier molecular flexibility index (Phi) is 5.72. The van der Waals surface area contributed by atoms with E-state index in [4.69, 9.17) is 4.74 Å². The summed E-state index contributed by atoms with van der Waals surface area (Å²) >= 11 is 0. The number of nitrogens with one attached hydrogen (secondary N) is 1. The number of benzene rings is 2. The van der Waals surface area contributed by atoms with Gasteiger partial charge in [-0.15, -0.1) is 0 Å². The van der Waals surface area contributed by atoms with Gasteiger partial charge in [0.2, 0.25) is 0 Å². The van der Waals surface area contributed by atoms with Crippen LogP contribution >= 0.6 is 0 Å². The number of anilines is 1. The third-order valence-electron chi connectivity index (χ3n) is 3.11. The summed E-state index contributed by atoms with van der Waals surface area (Å²) in [5.74, 6) is 0.00996. The van der Waals surface area contributed by atoms with E-state index < -0.39 is 0 Å². The van der Waals surface area contributed by atoms with Crippen LogP contribution in [0, 0.1) is 0 Å². The van der Waals surface area contributed by atoms with E-state index in [0.29, 0.717) is 17.7 Å². The maximum absolute atomic E-state index is 12.1. The molecule has 2 aromatic rings. The molecule has 0 atom stereocenters. The normalized spacial score (nSPS) is 10.0. The van der Waals surface area contributed by atoms with Gasteiger partial charge in [0.15, 0.2) is 0 Å². The van der Waals surface area contributed by atoms with Crippen molar-refractivity contribution in [3.63, 3.8) is 0 Å². The van der Waals surface area contributed by atoms with E-state index in [1.54, 1.807) is 24.3 Å². The van der Waals surface area contributed by atoms with E-state index in [0.717, 1.165) is 18.5 Å². The number of carbonyl (C=O) groups is 2. The summed E-state index contributed by atoms with van der Waals surface area (Å²) < 4.78 is 5.20. The molecule has 0 aromatic heterocycles. The van der Waals surface area contributed by atoms with Crippen LogP contribution in [-0.2, 0) is 4.79 Å². The molecule has 2 rings (SSSR count). The number of carbonyl (C=O) groups excluding carboxylic acids is 2. The summed E-state index contributed by atoms with van der Waals surface area (Å²) in [7, 11) is 0. The van der Waals surface area contributed by atoms with Crippen molar-refractivity contribution in [3.05, 3.63) is 60.2 Å². The van der Waals surface area contributed by atoms with Crippen LogP contribution in [0.15, 0.2) is 54.6 Å². The number of para-hydroxylation sites is 1. The molecule has 22 heavy (non-hydrogen) atoms. The second-order valence-corrected chi connectivity index (χ2v) is 4.92. The Bertz CT molecular complexity index is 621. The van der Waals surface area contributed by atoms with Crippen LogP contribution in [0.1, 0.15) is 36.5 Å². The Hall–Kier alpha value is -2.62. The third-order valence-corrected chi connectivity index (χ3v) is 3.11. The first-order valence-corrected chi connectivity index (χ1v) is 7.36. The summed E-state index contributed by atoms with van der Waals surface area (Å²) in [6, 6.07) is 15.8. The first-order valence-electron chi connectivity index (χ1n) is 7.36. The number of hydrogen-bond donors (Lipinski definition) is 1. The number of hydrogen-bond acceptors (Lipinski definition) is 3. The molecule has 0 saturated heterocycles. The molecule has 0 aliphatic carbocycles. The summed E-state index contributed by atoms with van der Waals surface area (Å²) in [5, 5.41) is 2.80. The zero-order valence-corrected chi connectivity index (χ0v) is 12.5. The fourth-order valence-electron chi connectivity index (χ4n) is 1.90. The Labute approximate surface area is 130 Å². The molecule has 4 heteroatoms. The third kappa shape index (κ3) is 4.74. The van der Waals surface area contributed by atoms with Gasteiger partial charge in [0, 0.05) is 17.7 Å². The molecule has 1 N–H and O–H groups in total. The van der Waals surface area contributed by atoms with E-state index in [-0.39, 0.29) is 11.9 Å². The lowest BCUT2D eigenvalue weighted by atomic mass is 10.2. The lowest BCUT2D eigenvalue weighted by Gasteiger charge is -2.07. The fraction of sp³-hybridized carbons (Fsp3) is 0.222. The second kappa shape index (κ2) is 7.98. The van der Waals surface area contributed by atoms with E-state index in [1.165, 1.54) is 0 Å². The molecular weight excluding hydrogens is 278 g/mol. The monoisotopic (exact) mass is 297 g/mol. The zero-order chi connectivity index (χ0) is 15.8. The molecule has 0 fully saturated rings. The number of esters is 1. The zero-order valence-electron chi connectivity index (χ0n) is 12.5. The SMILES string of the molecule is CCCCC(=O)Oc1ccc(C(=O)Nc2ccccc2)cc1. The van der Waals surface area contributed by atoms with Crippen LogP contribution in [0.4, 0.5) is 5.69 Å². The quantitative estimate of drug-likeness (QED) is 0.647. The molecule has 0 heterocycles.